The van der Waals surface area contributed by atoms with Crippen molar-refractivity contribution in [3.05, 3.63) is 138 Å². The maximum atomic E-state index is 2.61. The van der Waals surface area contributed by atoms with Crippen molar-refractivity contribution in [2.24, 2.45) is 23.7 Å². The molecule has 0 N–H and O–H groups in total. The summed E-state index contributed by atoms with van der Waals surface area (Å²) in [6.07, 6.45) is 9.50. The number of para-hydroxylation sites is 1. The van der Waals surface area contributed by atoms with Crippen LogP contribution in [0.25, 0.3) is 11.1 Å². The lowest BCUT2D eigenvalue weighted by molar-refractivity contribution is -0.0443. The van der Waals surface area contributed by atoms with E-state index in [4.69, 9.17) is 0 Å². The number of fused-ring (bicyclic) bond motifs is 3. The summed E-state index contributed by atoms with van der Waals surface area (Å²) in [5, 5.41) is 0. The largest absolute Gasteiger partial charge is 0.310 e. The highest BCUT2D eigenvalue weighted by Crippen LogP contribution is 2.69. The zero-order valence-electron chi connectivity index (χ0n) is 30.1. The average Bonchev–Trinajstić information content (AvgIpc) is 3.12. The van der Waals surface area contributed by atoms with Crippen molar-refractivity contribution in [1.82, 2.24) is 0 Å². The summed E-state index contributed by atoms with van der Waals surface area (Å²) >= 11 is 2.02. The molecule has 5 aromatic carbocycles. The molecule has 1 heterocycles. The van der Waals surface area contributed by atoms with Crippen LogP contribution in [0.5, 0.6) is 0 Å². The minimum atomic E-state index is 0.103. The predicted molar refractivity (Wildman–Crippen MR) is 210 cm³/mol. The number of rotatable bonds is 4. The summed E-state index contributed by atoms with van der Waals surface area (Å²) in [5.74, 6) is 3.30. The lowest BCUT2D eigenvalue weighted by Gasteiger charge is -2.63. The normalized spacial score (nSPS) is 27.8. The van der Waals surface area contributed by atoms with E-state index < -0.39 is 0 Å². The van der Waals surface area contributed by atoms with Gasteiger partial charge >= 0.3 is 0 Å². The predicted octanol–water partition coefficient (Wildman–Crippen LogP) is 13.4. The van der Waals surface area contributed by atoms with E-state index in [2.05, 4.69) is 148 Å². The van der Waals surface area contributed by atoms with Gasteiger partial charge in [-0.1, -0.05) is 106 Å². The van der Waals surface area contributed by atoms with Gasteiger partial charge in [-0.2, -0.15) is 0 Å². The third kappa shape index (κ3) is 4.59. The first-order chi connectivity index (χ1) is 24.2. The van der Waals surface area contributed by atoms with E-state index in [1.165, 1.54) is 94.1 Å². The number of hydrogen-bond donors (Lipinski definition) is 0. The van der Waals surface area contributed by atoms with E-state index in [0.717, 1.165) is 23.7 Å². The summed E-state index contributed by atoms with van der Waals surface area (Å²) < 4.78 is 0. The summed E-state index contributed by atoms with van der Waals surface area (Å²) in [4.78, 5) is 5.47. The van der Waals surface area contributed by atoms with Crippen LogP contribution in [0.4, 0.5) is 17.1 Å². The van der Waals surface area contributed by atoms with Crippen LogP contribution in [0.3, 0.4) is 0 Å². The van der Waals surface area contributed by atoms with Crippen LogP contribution in [0.15, 0.2) is 125 Å². The molecule has 0 unspecified atom stereocenters. The molecule has 4 saturated carbocycles. The first-order valence-electron chi connectivity index (χ1n) is 19.2. The van der Waals surface area contributed by atoms with Crippen LogP contribution in [-0.2, 0) is 16.2 Å². The Bertz CT molecular complexity index is 2080. The lowest BCUT2D eigenvalue weighted by Crippen LogP contribution is -2.57. The number of benzene rings is 5. The molecule has 0 amide bonds. The fourth-order valence-electron chi connectivity index (χ4n) is 11.6. The molecule has 4 fully saturated rings. The summed E-state index contributed by atoms with van der Waals surface area (Å²) in [7, 11) is 0. The van der Waals surface area contributed by atoms with E-state index in [9.17, 15) is 0 Å². The molecule has 2 heteroatoms. The maximum Gasteiger partial charge on any atom is 0.0473 e. The molecular formula is C48H49NS. The van der Waals surface area contributed by atoms with Crippen LogP contribution in [-0.4, -0.2) is 0 Å². The summed E-state index contributed by atoms with van der Waals surface area (Å²) in [6, 6.07) is 44.6. The molecule has 1 aliphatic heterocycles. The fraction of sp³-hybridized carbons (Fsp3) is 0.375. The second kappa shape index (κ2) is 11.1. The standard InChI is InChI=1S/C48H49NS/c1-46(2)21-22-47(3,4)42-29-38(16-18-40(42)46)49(37-13-9-6-10-14-37)39-17-19-41-45(30-39)50-44-20-15-34(33-11-7-5-8-12-33)28-43(44)48(41)35-24-31-23-32(26-35)27-36(48)25-31/h5-20,28-32,35-36H,21-27H2,1-4H3. The van der Waals surface area contributed by atoms with Crippen LogP contribution < -0.4 is 4.90 Å². The van der Waals surface area contributed by atoms with Crippen LogP contribution in [0, 0.1) is 23.7 Å². The molecule has 4 bridgehead atoms. The van der Waals surface area contributed by atoms with E-state index in [-0.39, 0.29) is 16.2 Å². The Hall–Kier alpha value is -3.75. The molecule has 11 rings (SSSR count). The second-order valence-electron chi connectivity index (χ2n) is 17.7. The van der Waals surface area contributed by atoms with Gasteiger partial charge in [0.2, 0.25) is 0 Å². The van der Waals surface area contributed by atoms with Crippen molar-refractivity contribution in [3.63, 3.8) is 0 Å². The van der Waals surface area contributed by atoms with Crippen molar-refractivity contribution in [1.29, 1.82) is 0 Å². The van der Waals surface area contributed by atoms with E-state index in [1.807, 2.05) is 11.8 Å². The number of nitrogens with zero attached hydrogens (tertiary/aromatic N) is 1. The maximum absolute atomic E-state index is 2.61. The van der Waals surface area contributed by atoms with Gasteiger partial charge < -0.3 is 4.90 Å². The average molecular weight is 672 g/mol. The van der Waals surface area contributed by atoms with Crippen LogP contribution in [0.1, 0.15) is 94.9 Å². The van der Waals surface area contributed by atoms with Gasteiger partial charge in [-0.3, -0.25) is 0 Å². The van der Waals surface area contributed by atoms with E-state index in [1.54, 1.807) is 11.1 Å². The first-order valence-corrected chi connectivity index (χ1v) is 20.0. The van der Waals surface area contributed by atoms with Crippen molar-refractivity contribution in [2.75, 3.05) is 4.90 Å². The quantitative estimate of drug-likeness (QED) is 0.187. The number of anilines is 3. The highest BCUT2D eigenvalue weighted by molar-refractivity contribution is 7.99. The SMILES string of the molecule is CC1(C)CCC(C)(C)c2cc(N(c3ccccc3)c3ccc4c(c3)Sc3ccc(-c5ccccc5)cc3C43C4CC5CC(C4)CC3C5)ccc21. The Morgan fingerprint density at radius 1 is 0.480 bits per heavy atom. The van der Waals surface area contributed by atoms with Gasteiger partial charge in [0.1, 0.15) is 0 Å². The summed E-state index contributed by atoms with van der Waals surface area (Å²) in [6.45, 7) is 9.74. The zero-order valence-corrected chi connectivity index (χ0v) is 30.9. The van der Waals surface area contributed by atoms with Crippen molar-refractivity contribution < 1.29 is 0 Å². The Morgan fingerprint density at radius 3 is 1.76 bits per heavy atom. The van der Waals surface area contributed by atoms with Gasteiger partial charge in [0.25, 0.3) is 0 Å². The van der Waals surface area contributed by atoms with Crippen LogP contribution >= 0.6 is 11.8 Å². The number of hydrogen-bond acceptors (Lipinski definition) is 2. The van der Waals surface area contributed by atoms with Crippen LogP contribution in [0.2, 0.25) is 0 Å². The third-order valence-electron chi connectivity index (χ3n) is 14.0. The van der Waals surface area contributed by atoms with E-state index in [0.29, 0.717) is 0 Å². The van der Waals surface area contributed by atoms with Gasteiger partial charge in [-0.05, 0) is 161 Å². The van der Waals surface area contributed by atoms with E-state index >= 15 is 0 Å². The molecule has 0 atom stereocenters. The lowest BCUT2D eigenvalue weighted by atomic mass is 9.42. The topological polar surface area (TPSA) is 3.24 Å². The smallest absolute Gasteiger partial charge is 0.0473 e. The molecular weight excluding hydrogens is 623 g/mol. The summed E-state index contributed by atoms with van der Waals surface area (Å²) in [5.41, 5.74) is 13.2. The molecule has 252 valence electrons. The monoisotopic (exact) mass is 671 g/mol. The fourth-order valence-corrected chi connectivity index (χ4v) is 12.9. The van der Waals surface area contributed by atoms with Gasteiger partial charge in [-0.25, -0.2) is 0 Å². The van der Waals surface area contributed by atoms with Gasteiger partial charge in [-0.15, -0.1) is 0 Å². The molecule has 0 aromatic heterocycles. The Kier molecular flexibility index (Phi) is 6.90. The molecule has 0 radical (unpaired) electrons. The highest BCUT2D eigenvalue weighted by Gasteiger charge is 2.60. The third-order valence-corrected chi connectivity index (χ3v) is 15.1. The molecule has 5 aliphatic carbocycles. The van der Waals surface area contributed by atoms with Gasteiger partial charge in [0, 0.05) is 32.3 Å². The van der Waals surface area contributed by atoms with Crippen molar-refractivity contribution in [2.45, 2.75) is 98.7 Å². The van der Waals surface area contributed by atoms with Gasteiger partial charge in [0.05, 0.1) is 0 Å². The molecule has 1 spiro atoms. The highest BCUT2D eigenvalue weighted by atomic mass is 32.2. The minimum Gasteiger partial charge on any atom is -0.310 e. The minimum absolute atomic E-state index is 0.103. The Balaban J connectivity index is 1.15. The molecule has 50 heavy (non-hydrogen) atoms. The Morgan fingerprint density at radius 2 is 1.08 bits per heavy atom. The van der Waals surface area contributed by atoms with Crippen molar-refractivity contribution >= 4 is 28.8 Å². The second-order valence-corrected chi connectivity index (χ2v) is 18.8. The zero-order chi connectivity index (χ0) is 33.8. The molecule has 0 saturated heterocycles. The van der Waals surface area contributed by atoms with Crippen molar-refractivity contribution in [3.8, 4) is 11.1 Å². The molecule has 1 nitrogen and oxygen atoms in total. The first kappa shape index (κ1) is 31.0. The van der Waals surface area contributed by atoms with Gasteiger partial charge in [0.15, 0.2) is 0 Å². The molecule has 6 aliphatic rings. The Labute approximate surface area is 303 Å². The molecule has 5 aromatic rings.